The normalized spacial score (nSPS) is 20.3. The lowest BCUT2D eigenvalue weighted by atomic mass is 9.93. The maximum atomic E-state index is 12.4. The van der Waals surface area contributed by atoms with E-state index < -0.39 is 27.6 Å². The SMILES string of the molecule is COC(=O)c1cc(S(C)(=O)=O)c(N2CCC(C(=O)OC(C)(C)C)CC2N)cc1C. The summed E-state index contributed by atoms with van der Waals surface area (Å²) >= 11 is 0. The molecule has 1 aromatic rings. The Balaban J connectivity index is 2.37. The van der Waals surface area contributed by atoms with Gasteiger partial charge in [0, 0.05) is 12.8 Å². The van der Waals surface area contributed by atoms with Crippen LogP contribution in [0.5, 0.6) is 0 Å². The molecule has 1 aromatic carbocycles. The number of carbonyl (C=O) groups is 2. The van der Waals surface area contributed by atoms with Crippen LogP contribution in [0.4, 0.5) is 5.69 Å². The summed E-state index contributed by atoms with van der Waals surface area (Å²) in [6.07, 6.45) is 1.35. The van der Waals surface area contributed by atoms with E-state index in [1.54, 1.807) is 17.9 Å². The number of hydrogen-bond acceptors (Lipinski definition) is 8. The summed E-state index contributed by atoms with van der Waals surface area (Å²) in [6.45, 7) is 7.53. The first kappa shape index (κ1) is 23.2. The van der Waals surface area contributed by atoms with Gasteiger partial charge in [-0.1, -0.05) is 0 Å². The average Bonchev–Trinajstić information content (AvgIpc) is 2.58. The molecule has 0 spiro atoms. The molecule has 1 saturated heterocycles. The Labute approximate surface area is 172 Å². The molecule has 2 atom stereocenters. The summed E-state index contributed by atoms with van der Waals surface area (Å²) in [5.41, 5.74) is 6.94. The molecule has 0 radical (unpaired) electrons. The van der Waals surface area contributed by atoms with Crippen molar-refractivity contribution in [2.45, 2.75) is 57.2 Å². The predicted octanol–water partition coefficient (Wildman–Crippen LogP) is 2.03. The smallest absolute Gasteiger partial charge is 0.338 e. The number of carbonyl (C=O) groups excluding carboxylic acids is 2. The van der Waals surface area contributed by atoms with Gasteiger partial charge in [-0.15, -0.1) is 0 Å². The Morgan fingerprint density at radius 3 is 2.34 bits per heavy atom. The molecule has 0 saturated carbocycles. The molecular weight excluding hydrogens is 396 g/mol. The maximum absolute atomic E-state index is 12.4. The van der Waals surface area contributed by atoms with Crippen molar-refractivity contribution < 1.29 is 27.5 Å². The fourth-order valence-electron chi connectivity index (χ4n) is 3.42. The van der Waals surface area contributed by atoms with Crippen LogP contribution in [-0.4, -0.2) is 52.0 Å². The van der Waals surface area contributed by atoms with Gasteiger partial charge >= 0.3 is 11.9 Å². The van der Waals surface area contributed by atoms with Crippen LogP contribution in [-0.2, 0) is 24.1 Å². The molecule has 162 valence electrons. The maximum Gasteiger partial charge on any atom is 0.338 e. The van der Waals surface area contributed by atoms with E-state index in [-0.39, 0.29) is 22.3 Å². The van der Waals surface area contributed by atoms with Crippen molar-refractivity contribution in [1.82, 2.24) is 0 Å². The van der Waals surface area contributed by atoms with Crippen LogP contribution in [0, 0.1) is 12.8 Å². The second-order valence-corrected chi connectivity index (χ2v) is 10.4. The summed E-state index contributed by atoms with van der Waals surface area (Å²) < 4.78 is 35.0. The Kier molecular flexibility index (Phi) is 6.64. The second kappa shape index (κ2) is 8.31. The van der Waals surface area contributed by atoms with Gasteiger partial charge in [-0.3, -0.25) is 4.79 Å². The van der Waals surface area contributed by atoms with Crippen LogP contribution >= 0.6 is 0 Å². The van der Waals surface area contributed by atoms with Crippen LogP contribution < -0.4 is 10.6 Å². The number of sulfone groups is 1. The summed E-state index contributed by atoms with van der Waals surface area (Å²) in [4.78, 5) is 26.2. The molecule has 2 N–H and O–H groups in total. The third kappa shape index (κ3) is 5.48. The topological polar surface area (TPSA) is 116 Å². The highest BCUT2D eigenvalue weighted by Gasteiger charge is 2.35. The number of benzene rings is 1. The van der Waals surface area contributed by atoms with Gasteiger partial charge in [-0.25, -0.2) is 13.2 Å². The van der Waals surface area contributed by atoms with Gasteiger partial charge in [0.1, 0.15) is 5.60 Å². The summed E-state index contributed by atoms with van der Waals surface area (Å²) in [5.74, 6) is -1.25. The number of nitrogens with zero attached hydrogens (tertiary/aromatic N) is 1. The molecule has 1 fully saturated rings. The van der Waals surface area contributed by atoms with Crippen molar-refractivity contribution in [3.05, 3.63) is 23.3 Å². The minimum atomic E-state index is -3.64. The zero-order valence-corrected chi connectivity index (χ0v) is 18.6. The molecule has 1 aliphatic heterocycles. The number of hydrogen-bond donors (Lipinski definition) is 1. The summed E-state index contributed by atoms with van der Waals surface area (Å²) in [7, 11) is -2.39. The van der Waals surface area contributed by atoms with Crippen LogP contribution in [0.1, 0.15) is 49.5 Å². The zero-order valence-electron chi connectivity index (χ0n) is 17.8. The quantitative estimate of drug-likeness (QED) is 0.727. The van der Waals surface area contributed by atoms with E-state index in [4.69, 9.17) is 15.2 Å². The molecule has 1 heterocycles. The number of rotatable bonds is 4. The first-order chi connectivity index (χ1) is 13.2. The first-order valence-corrected chi connectivity index (χ1v) is 11.3. The number of esters is 2. The number of piperidine rings is 1. The van der Waals surface area contributed by atoms with E-state index in [0.29, 0.717) is 30.6 Å². The molecule has 0 aliphatic carbocycles. The molecule has 9 heteroatoms. The lowest BCUT2D eigenvalue weighted by Crippen LogP contribution is -2.50. The molecule has 2 unspecified atom stereocenters. The fraction of sp³-hybridized carbons (Fsp3) is 0.600. The average molecular weight is 427 g/mol. The van der Waals surface area contributed by atoms with Crippen LogP contribution in [0.25, 0.3) is 0 Å². The minimum Gasteiger partial charge on any atom is -0.465 e. The van der Waals surface area contributed by atoms with Gasteiger partial charge < -0.3 is 20.1 Å². The van der Waals surface area contributed by atoms with E-state index in [2.05, 4.69) is 0 Å². The zero-order chi connectivity index (χ0) is 22.1. The number of methoxy groups -OCH3 is 1. The molecule has 29 heavy (non-hydrogen) atoms. The Morgan fingerprint density at radius 1 is 1.24 bits per heavy atom. The van der Waals surface area contributed by atoms with E-state index in [1.807, 2.05) is 20.8 Å². The monoisotopic (exact) mass is 426 g/mol. The standard InChI is InChI=1S/C20H30N2O6S/c1-12-9-15(16(29(6,25)26)11-14(12)19(24)27-5)22-8-7-13(10-17(22)21)18(23)28-20(2,3)4/h9,11,13,17H,7-8,10,21H2,1-6H3. The number of aryl methyl sites for hydroxylation is 1. The van der Waals surface area contributed by atoms with E-state index in [1.165, 1.54) is 13.2 Å². The van der Waals surface area contributed by atoms with Crippen molar-refractivity contribution in [1.29, 1.82) is 0 Å². The molecule has 1 aliphatic rings. The van der Waals surface area contributed by atoms with Gasteiger partial charge in [-0.05, 0) is 58.2 Å². The van der Waals surface area contributed by atoms with Crippen LogP contribution in [0.2, 0.25) is 0 Å². The summed E-state index contributed by atoms with van der Waals surface area (Å²) in [6, 6.07) is 2.97. The van der Waals surface area contributed by atoms with E-state index >= 15 is 0 Å². The number of anilines is 1. The van der Waals surface area contributed by atoms with Gasteiger partial charge in [0.25, 0.3) is 0 Å². The third-order valence-corrected chi connectivity index (χ3v) is 5.93. The molecule has 0 bridgehead atoms. The van der Waals surface area contributed by atoms with E-state index in [9.17, 15) is 18.0 Å². The van der Waals surface area contributed by atoms with Gasteiger partial charge in [0.2, 0.25) is 0 Å². The second-order valence-electron chi connectivity index (χ2n) is 8.41. The largest absolute Gasteiger partial charge is 0.465 e. The van der Waals surface area contributed by atoms with Crippen molar-refractivity contribution in [2.75, 3.05) is 24.8 Å². The molecule has 2 rings (SSSR count). The molecule has 0 aromatic heterocycles. The highest BCUT2D eigenvalue weighted by molar-refractivity contribution is 7.90. The van der Waals surface area contributed by atoms with Crippen molar-refractivity contribution in [3.63, 3.8) is 0 Å². The molecule has 0 amide bonds. The van der Waals surface area contributed by atoms with Crippen molar-refractivity contribution in [2.24, 2.45) is 11.7 Å². The minimum absolute atomic E-state index is 0.00895. The Morgan fingerprint density at radius 2 is 1.86 bits per heavy atom. The van der Waals surface area contributed by atoms with Gasteiger partial charge in [0.05, 0.1) is 35.3 Å². The van der Waals surface area contributed by atoms with Crippen molar-refractivity contribution in [3.8, 4) is 0 Å². The van der Waals surface area contributed by atoms with Crippen molar-refractivity contribution >= 4 is 27.5 Å². The highest BCUT2D eigenvalue weighted by Crippen LogP contribution is 2.34. The third-order valence-electron chi connectivity index (χ3n) is 4.81. The number of nitrogens with two attached hydrogens (primary N) is 1. The first-order valence-electron chi connectivity index (χ1n) is 9.42. The Bertz CT molecular complexity index is 904. The van der Waals surface area contributed by atoms with E-state index in [0.717, 1.165) is 6.26 Å². The predicted molar refractivity (Wildman–Crippen MR) is 110 cm³/mol. The molecular formula is C20H30N2O6S. The van der Waals surface area contributed by atoms with Crippen LogP contribution in [0.3, 0.4) is 0 Å². The Hall–Kier alpha value is -2.13. The highest BCUT2D eigenvalue weighted by atomic mass is 32.2. The summed E-state index contributed by atoms with van der Waals surface area (Å²) in [5, 5.41) is 0. The lowest BCUT2D eigenvalue weighted by Gasteiger charge is -2.39. The lowest BCUT2D eigenvalue weighted by molar-refractivity contribution is -0.161. The number of ether oxygens (including phenoxy) is 2. The van der Waals surface area contributed by atoms with Crippen LogP contribution in [0.15, 0.2) is 17.0 Å². The molecule has 8 nitrogen and oxygen atoms in total. The van der Waals surface area contributed by atoms with Gasteiger partial charge in [0.15, 0.2) is 9.84 Å². The fourth-order valence-corrected chi connectivity index (χ4v) is 4.31. The van der Waals surface area contributed by atoms with Gasteiger partial charge in [-0.2, -0.15) is 0 Å².